The van der Waals surface area contributed by atoms with Crippen LogP contribution in [-0.4, -0.2) is 12.8 Å². The van der Waals surface area contributed by atoms with Crippen molar-refractivity contribution in [2.75, 3.05) is 6.79 Å². The van der Waals surface area contributed by atoms with Crippen LogP contribution in [0, 0.1) is 5.92 Å². The topological polar surface area (TPSA) is 44.8 Å². The molecular weight excluding hydrogens is 220 g/mol. The van der Waals surface area contributed by atoms with Crippen molar-refractivity contribution in [1.29, 1.82) is 0 Å². The fourth-order valence-electron chi connectivity index (χ4n) is 2.11. The zero-order chi connectivity index (χ0) is 12.0. The normalized spacial score (nSPS) is 26.2. The molecule has 0 saturated carbocycles. The van der Waals surface area contributed by atoms with E-state index in [9.17, 15) is 4.79 Å². The number of ether oxygens (including phenoxy) is 3. The van der Waals surface area contributed by atoms with E-state index in [0.717, 1.165) is 11.3 Å². The van der Waals surface area contributed by atoms with E-state index in [0.29, 0.717) is 11.3 Å². The summed E-state index contributed by atoms with van der Waals surface area (Å²) in [6.07, 6.45) is -0.274. The zero-order valence-corrected chi connectivity index (χ0v) is 9.43. The summed E-state index contributed by atoms with van der Waals surface area (Å²) in [5.74, 6) is 1.09. The highest BCUT2D eigenvalue weighted by atomic mass is 16.7. The molecule has 0 spiro atoms. The third-order valence-corrected chi connectivity index (χ3v) is 3.23. The number of carbonyl (C=O) groups is 1. The van der Waals surface area contributed by atoms with Gasteiger partial charge >= 0.3 is 5.97 Å². The van der Waals surface area contributed by atoms with Gasteiger partial charge in [-0.3, -0.25) is 0 Å². The number of benzene rings is 1. The van der Waals surface area contributed by atoms with Gasteiger partial charge in [0.15, 0.2) is 11.5 Å². The van der Waals surface area contributed by atoms with Crippen molar-refractivity contribution < 1.29 is 19.0 Å². The molecule has 2 heterocycles. The van der Waals surface area contributed by atoms with Crippen LogP contribution in [0.25, 0.3) is 0 Å². The fraction of sp³-hybridized carbons (Fsp3) is 0.308. The summed E-state index contributed by atoms with van der Waals surface area (Å²) in [5, 5.41) is 0. The predicted molar refractivity (Wildman–Crippen MR) is 59.7 cm³/mol. The Balaban J connectivity index is 1.95. The van der Waals surface area contributed by atoms with E-state index in [1.165, 1.54) is 0 Å². The van der Waals surface area contributed by atoms with Crippen LogP contribution in [-0.2, 0) is 9.53 Å². The quantitative estimate of drug-likeness (QED) is 0.550. The van der Waals surface area contributed by atoms with Gasteiger partial charge in [0.2, 0.25) is 6.79 Å². The zero-order valence-electron chi connectivity index (χ0n) is 9.43. The molecule has 2 aliphatic heterocycles. The lowest BCUT2D eigenvalue weighted by Crippen LogP contribution is -2.04. The molecule has 4 nitrogen and oxygen atoms in total. The number of fused-ring (bicyclic) bond motifs is 1. The highest BCUT2D eigenvalue weighted by Crippen LogP contribution is 2.41. The Morgan fingerprint density at radius 2 is 2.06 bits per heavy atom. The number of hydrogen-bond acceptors (Lipinski definition) is 4. The summed E-state index contributed by atoms with van der Waals surface area (Å²) in [7, 11) is 0. The smallest absolute Gasteiger partial charge is 0.334 e. The molecule has 0 N–H and O–H groups in total. The van der Waals surface area contributed by atoms with Gasteiger partial charge in [0, 0.05) is 11.5 Å². The number of cyclic esters (lactones) is 1. The fourth-order valence-corrected chi connectivity index (χ4v) is 2.11. The molecule has 0 aromatic heterocycles. The van der Waals surface area contributed by atoms with Gasteiger partial charge in [-0.15, -0.1) is 0 Å². The lowest BCUT2D eigenvalue weighted by Gasteiger charge is -2.14. The first-order chi connectivity index (χ1) is 8.16. The number of hydrogen-bond donors (Lipinski definition) is 0. The Morgan fingerprint density at radius 3 is 2.76 bits per heavy atom. The first-order valence-corrected chi connectivity index (χ1v) is 5.46. The Bertz CT molecular complexity index is 506. The minimum absolute atomic E-state index is 0.0112. The van der Waals surface area contributed by atoms with Gasteiger partial charge in [-0.25, -0.2) is 4.79 Å². The summed E-state index contributed by atoms with van der Waals surface area (Å²) >= 11 is 0. The van der Waals surface area contributed by atoms with Crippen molar-refractivity contribution in [1.82, 2.24) is 0 Å². The van der Waals surface area contributed by atoms with Gasteiger partial charge in [0.25, 0.3) is 0 Å². The van der Waals surface area contributed by atoms with Crippen molar-refractivity contribution in [3.05, 3.63) is 35.9 Å². The molecule has 0 bridgehead atoms. The molecule has 88 valence electrons. The molecule has 2 aliphatic rings. The van der Waals surface area contributed by atoms with Crippen molar-refractivity contribution in [3.63, 3.8) is 0 Å². The van der Waals surface area contributed by atoms with E-state index >= 15 is 0 Å². The molecule has 1 fully saturated rings. The van der Waals surface area contributed by atoms with Crippen molar-refractivity contribution in [2.45, 2.75) is 13.0 Å². The molecule has 17 heavy (non-hydrogen) atoms. The van der Waals surface area contributed by atoms with Crippen molar-refractivity contribution in [2.24, 2.45) is 5.92 Å². The summed E-state index contributed by atoms with van der Waals surface area (Å²) in [6, 6.07) is 5.58. The minimum atomic E-state index is -0.319. The molecule has 1 saturated heterocycles. The van der Waals surface area contributed by atoms with Gasteiger partial charge in [-0.1, -0.05) is 19.6 Å². The maximum Gasteiger partial charge on any atom is 0.334 e. The van der Waals surface area contributed by atoms with E-state index in [1.54, 1.807) is 0 Å². The molecule has 1 aromatic rings. The average Bonchev–Trinajstić information content (AvgIpc) is 2.89. The van der Waals surface area contributed by atoms with E-state index < -0.39 is 0 Å². The molecule has 0 amide bonds. The Hall–Kier alpha value is -1.97. The minimum Gasteiger partial charge on any atom is -0.454 e. The number of rotatable bonds is 1. The summed E-state index contributed by atoms with van der Waals surface area (Å²) in [6.45, 7) is 5.91. The van der Waals surface area contributed by atoms with Crippen LogP contribution in [0.1, 0.15) is 18.6 Å². The second-order valence-corrected chi connectivity index (χ2v) is 4.25. The van der Waals surface area contributed by atoms with Gasteiger partial charge in [-0.05, 0) is 17.7 Å². The highest BCUT2D eigenvalue weighted by molar-refractivity contribution is 5.90. The molecule has 4 heteroatoms. The van der Waals surface area contributed by atoms with Gasteiger partial charge < -0.3 is 14.2 Å². The van der Waals surface area contributed by atoms with Gasteiger partial charge in [0.1, 0.15) is 6.10 Å². The molecule has 1 aromatic carbocycles. The lowest BCUT2D eigenvalue weighted by atomic mass is 9.94. The second-order valence-electron chi connectivity index (χ2n) is 4.25. The van der Waals surface area contributed by atoms with E-state index in [1.807, 2.05) is 25.1 Å². The van der Waals surface area contributed by atoms with E-state index in [4.69, 9.17) is 14.2 Å². The first-order valence-electron chi connectivity index (χ1n) is 5.46. The second kappa shape index (κ2) is 3.52. The SMILES string of the molecule is C=C1C(=O)O[C@@H](c2ccc3c(c2)OCO3)[C@H]1C. The molecule has 2 atom stereocenters. The summed E-state index contributed by atoms with van der Waals surface area (Å²) < 4.78 is 15.8. The first kappa shape index (κ1) is 10.2. The largest absolute Gasteiger partial charge is 0.454 e. The van der Waals surface area contributed by atoms with Crippen LogP contribution < -0.4 is 9.47 Å². The van der Waals surface area contributed by atoms with E-state index in [-0.39, 0.29) is 24.8 Å². The molecule has 0 radical (unpaired) electrons. The molecular formula is C13H12O4. The third-order valence-electron chi connectivity index (χ3n) is 3.23. The van der Waals surface area contributed by atoms with Gasteiger partial charge in [0.05, 0.1) is 0 Å². The molecule has 0 aliphatic carbocycles. The predicted octanol–water partition coefficient (Wildman–Crippen LogP) is 2.21. The van der Waals surface area contributed by atoms with Crippen LogP contribution in [0.4, 0.5) is 0 Å². The van der Waals surface area contributed by atoms with Crippen LogP contribution in [0.2, 0.25) is 0 Å². The molecule has 3 rings (SSSR count). The molecule has 0 unspecified atom stereocenters. The van der Waals surface area contributed by atoms with Crippen molar-refractivity contribution in [3.8, 4) is 11.5 Å². The number of carbonyl (C=O) groups excluding carboxylic acids is 1. The van der Waals surface area contributed by atoms with Crippen LogP contribution in [0.5, 0.6) is 11.5 Å². The maximum atomic E-state index is 11.4. The summed E-state index contributed by atoms with van der Waals surface area (Å²) in [4.78, 5) is 11.4. The van der Waals surface area contributed by atoms with E-state index in [2.05, 4.69) is 6.58 Å². The van der Waals surface area contributed by atoms with Crippen LogP contribution in [0.3, 0.4) is 0 Å². The average molecular weight is 232 g/mol. The Morgan fingerprint density at radius 1 is 1.29 bits per heavy atom. The lowest BCUT2D eigenvalue weighted by molar-refractivity contribution is -0.139. The standard InChI is InChI=1S/C13H12O4/c1-7-8(2)13(14)17-12(7)9-3-4-10-11(5-9)16-6-15-10/h3-5,7,12H,2,6H2,1H3/t7-,12+/m0/s1. The Kier molecular flexibility index (Phi) is 2.11. The summed E-state index contributed by atoms with van der Waals surface area (Å²) in [5.41, 5.74) is 1.43. The monoisotopic (exact) mass is 232 g/mol. The van der Waals surface area contributed by atoms with Crippen molar-refractivity contribution >= 4 is 5.97 Å². The maximum absolute atomic E-state index is 11.4. The highest BCUT2D eigenvalue weighted by Gasteiger charge is 2.36. The van der Waals surface area contributed by atoms with Crippen LogP contribution >= 0.6 is 0 Å². The third kappa shape index (κ3) is 1.48. The Labute approximate surface area is 98.8 Å². The van der Waals surface area contributed by atoms with Crippen LogP contribution in [0.15, 0.2) is 30.4 Å². The number of esters is 1. The van der Waals surface area contributed by atoms with Gasteiger partial charge in [-0.2, -0.15) is 0 Å².